The average molecular weight is 470 g/mol. The fraction of sp³-hybridized carbons (Fsp3) is 0.360. The topological polar surface area (TPSA) is 86.8 Å². The number of carbonyl (C=O) groups is 2. The van der Waals surface area contributed by atoms with Gasteiger partial charge in [-0.25, -0.2) is 8.42 Å². The van der Waals surface area contributed by atoms with Gasteiger partial charge in [-0.05, 0) is 54.3 Å². The van der Waals surface area contributed by atoms with Gasteiger partial charge in [0.15, 0.2) is 0 Å². The van der Waals surface area contributed by atoms with E-state index in [0.717, 1.165) is 36.8 Å². The number of likely N-dealkylation sites (N-methyl/N-ethyl adjacent to an activating group) is 1. The van der Waals surface area contributed by atoms with Crippen LogP contribution < -0.4 is 5.32 Å². The number of carbonyl (C=O) groups excluding carboxylic acids is 2. The first-order valence-corrected chi connectivity index (χ1v) is 12.6. The van der Waals surface area contributed by atoms with Gasteiger partial charge in [-0.3, -0.25) is 9.59 Å². The standard InChI is InChI=1S/C25H31N3O4S/c1-26-25(30)22-12-7-21(8-13-22)19-27(2)24(29)16-11-20-9-14-23(15-10-20)33(31,32)28-17-5-3-4-6-18-28/h7-16H,3-6,17-19H2,1-2H3,(H,26,30)/b16-11+. The first-order valence-electron chi connectivity index (χ1n) is 11.2. The van der Waals surface area contributed by atoms with Crippen LogP contribution in [0.3, 0.4) is 0 Å². The van der Waals surface area contributed by atoms with Crippen LogP contribution in [-0.2, 0) is 21.4 Å². The maximum Gasteiger partial charge on any atom is 0.251 e. The number of nitrogens with one attached hydrogen (secondary N) is 1. The monoisotopic (exact) mass is 469 g/mol. The van der Waals surface area contributed by atoms with Crippen LogP contribution in [0.15, 0.2) is 59.5 Å². The molecular weight excluding hydrogens is 438 g/mol. The number of amides is 2. The SMILES string of the molecule is CNC(=O)c1ccc(CN(C)C(=O)/C=C/c2ccc(S(=O)(=O)N3CCCCCC3)cc2)cc1. The minimum atomic E-state index is -3.48. The maximum absolute atomic E-state index is 12.9. The van der Waals surface area contributed by atoms with E-state index in [-0.39, 0.29) is 16.7 Å². The summed E-state index contributed by atoms with van der Waals surface area (Å²) in [6, 6.07) is 13.7. The molecule has 0 atom stereocenters. The highest BCUT2D eigenvalue weighted by molar-refractivity contribution is 7.89. The lowest BCUT2D eigenvalue weighted by Gasteiger charge is -2.19. The first-order chi connectivity index (χ1) is 15.8. The van der Waals surface area contributed by atoms with Crippen molar-refractivity contribution in [2.75, 3.05) is 27.2 Å². The van der Waals surface area contributed by atoms with Crippen molar-refractivity contribution >= 4 is 27.9 Å². The lowest BCUT2D eigenvalue weighted by atomic mass is 10.1. The van der Waals surface area contributed by atoms with Crippen molar-refractivity contribution in [2.24, 2.45) is 0 Å². The molecule has 0 spiro atoms. The Balaban J connectivity index is 1.59. The molecule has 0 unspecified atom stereocenters. The van der Waals surface area contributed by atoms with Gasteiger partial charge in [0.2, 0.25) is 15.9 Å². The molecule has 3 rings (SSSR count). The van der Waals surface area contributed by atoms with Gasteiger partial charge in [-0.15, -0.1) is 0 Å². The van der Waals surface area contributed by atoms with Crippen molar-refractivity contribution < 1.29 is 18.0 Å². The molecule has 2 amide bonds. The van der Waals surface area contributed by atoms with Gasteiger partial charge < -0.3 is 10.2 Å². The number of rotatable bonds is 7. The predicted octanol–water partition coefficient (Wildman–Crippen LogP) is 3.28. The third kappa shape index (κ3) is 6.52. The number of nitrogens with zero attached hydrogens (tertiary/aromatic N) is 2. The molecule has 0 saturated carbocycles. The third-order valence-electron chi connectivity index (χ3n) is 5.74. The quantitative estimate of drug-likeness (QED) is 0.631. The van der Waals surface area contributed by atoms with E-state index in [1.165, 1.54) is 6.08 Å². The predicted molar refractivity (Wildman–Crippen MR) is 129 cm³/mol. The summed E-state index contributed by atoms with van der Waals surface area (Å²) >= 11 is 0. The van der Waals surface area contributed by atoms with E-state index in [1.807, 2.05) is 12.1 Å². The van der Waals surface area contributed by atoms with Crippen LogP contribution in [0.1, 0.15) is 47.2 Å². The highest BCUT2D eigenvalue weighted by Crippen LogP contribution is 2.21. The fourth-order valence-electron chi connectivity index (χ4n) is 3.73. The Kier molecular flexibility index (Phi) is 8.41. The first kappa shape index (κ1) is 24.7. The Bertz CT molecular complexity index is 1090. The second kappa shape index (κ2) is 11.2. The molecule has 1 aliphatic heterocycles. The lowest BCUT2D eigenvalue weighted by molar-refractivity contribution is -0.125. The number of hydrogen-bond acceptors (Lipinski definition) is 4. The Labute approximate surface area is 196 Å². The molecule has 1 fully saturated rings. The number of sulfonamides is 1. The molecule has 8 heteroatoms. The van der Waals surface area contributed by atoms with Gasteiger partial charge >= 0.3 is 0 Å². The van der Waals surface area contributed by atoms with Crippen molar-refractivity contribution in [1.82, 2.24) is 14.5 Å². The van der Waals surface area contributed by atoms with Crippen LogP contribution in [0.5, 0.6) is 0 Å². The maximum atomic E-state index is 12.9. The van der Waals surface area contributed by atoms with E-state index in [4.69, 9.17) is 0 Å². The van der Waals surface area contributed by atoms with Gasteiger partial charge in [0.1, 0.15) is 0 Å². The van der Waals surface area contributed by atoms with E-state index in [2.05, 4.69) is 5.32 Å². The Hall–Kier alpha value is -2.97. The largest absolute Gasteiger partial charge is 0.355 e. The van der Waals surface area contributed by atoms with Crippen LogP contribution in [0.25, 0.3) is 6.08 Å². The highest BCUT2D eigenvalue weighted by Gasteiger charge is 2.24. The summed E-state index contributed by atoms with van der Waals surface area (Å²) in [6.45, 7) is 1.54. The van der Waals surface area contributed by atoms with Gasteiger partial charge in [-0.1, -0.05) is 37.1 Å². The second-order valence-corrected chi connectivity index (χ2v) is 10.1. The van der Waals surface area contributed by atoms with E-state index >= 15 is 0 Å². The second-order valence-electron chi connectivity index (χ2n) is 8.19. The minimum absolute atomic E-state index is 0.154. The summed E-state index contributed by atoms with van der Waals surface area (Å²) in [5.74, 6) is -0.328. The van der Waals surface area contributed by atoms with Crippen LogP contribution in [0, 0.1) is 0 Å². The normalized spacial score (nSPS) is 15.2. The van der Waals surface area contributed by atoms with Crippen LogP contribution in [-0.4, -0.2) is 56.6 Å². The molecule has 33 heavy (non-hydrogen) atoms. The molecule has 0 radical (unpaired) electrons. The average Bonchev–Trinajstić information content (AvgIpc) is 3.13. The summed E-state index contributed by atoms with van der Waals surface area (Å²) in [5, 5.41) is 2.57. The van der Waals surface area contributed by atoms with Crippen LogP contribution in [0.2, 0.25) is 0 Å². The molecule has 0 aliphatic carbocycles. The molecule has 1 saturated heterocycles. The van der Waals surface area contributed by atoms with E-state index in [1.54, 1.807) is 65.8 Å². The van der Waals surface area contributed by atoms with Crippen molar-refractivity contribution in [2.45, 2.75) is 37.1 Å². The van der Waals surface area contributed by atoms with Crippen molar-refractivity contribution in [3.8, 4) is 0 Å². The molecule has 2 aromatic rings. The van der Waals surface area contributed by atoms with Crippen LogP contribution >= 0.6 is 0 Å². The van der Waals surface area contributed by atoms with Gasteiger partial charge in [0.05, 0.1) is 4.90 Å². The molecule has 1 N–H and O–H groups in total. The molecule has 1 aliphatic rings. The molecule has 0 bridgehead atoms. The van der Waals surface area contributed by atoms with Crippen molar-refractivity contribution in [3.05, 3.63) is 71.3 Å². The summed E-state index contributed by atoms with van der Waals surface area (Å²) in [6.07, 6.45) is 7.08. The zero-order valence-corrected chi connectivity index (χ0v) is 20.0. The van der Waals surface area contributed by atoms with Crippen molar-refractivity contribution in [3.63, 3.8) is 0 Å². The number of hydrogen-bond donors (Lipinski definition) is 1. The Morgan fingerprint density at radius 2 is 1.58 bits per heavy atom. The Morgan fingerprint density at radius 1 is 0.970 bits per heavy atom. The van der Waals surface area contributed by atoms with E-state index < -0.39 is 10.0 Å². The highest BCUT2D eigenvalue weighted by atomic mass is 32.2. The molecule has 176 valence electrons. The molecular formula is C25H31N3O4S. The zero-order chi connectivity index (χ0) is 23.8. The third-order valence-corrected chi connectivity index (χ3v) is 7.65. The molecule has 0 aromatic heterocycles. The summed E-state index contributed by atoms with van der Waals surface area (Å²) in [4.78, 5) is 26.0. The van der Waals surface area contributed by atoms with E-state index in [0.29, 0.717) is 25.2 Å². The minimum Gasteiger partial charge on any atom is -0.355 e. The smallest absolute Gasteiger partial charge is 0.251 e. The van der Waals surface area contributed by atoms with Gasteiger partial charge in [-0.2, -0.15) is 4.31 Å². The molecule has 7 nitrogen and oxygen atoms in total. The van der Waals surface area contributed by atoms with Crippen LogP contribution in [0.4, 0.5) is 0 Å². The van der Waals surface area contributed by atoms with Gasteiger partial charge in [0, 0.05) is 45.4 Å². The summed E-state index contributed by atoms with van der Waals surface area (Å²) in [5.41, 5.74) is 2.23. The van der Waals surface area contributed by atoms with Crippen molar-refractivity contribution in [1.29, 1.82) is 0 Å². The Morgan fingerprint density at radius 3 is 2.15 bits per heavy atom. The fourth-order valence-corrected chi connectivity index (χ4v) is 5.25. The summed E-state index contributed by atoms with van der Waals surface area (Å²) in [7, 11) is -0.197. The molecule has 2 aromatic carbocycles. The van der Waals surface area contributed by atoms with E-state index in [9.17, 15) is 18.0 Å². The summed E-state index contributed by atoms with van der Waals surface area (Å²) < 4.78 is 27.3. The number of benzene rings is 2. The van der Waals surface area contributed by atoms with Gasteiger partial charge in [0.25, 0.3) is 5.91 Å². The lowest BCUT2D eigenvalue weighted by Crippen LogP contribution is -2.31. The molecule has 1 heterocycles. The zero-order valence-electron chi connectivity index (χ0n) is 19.2.